The molecule has 0 atom stereocenters. The van der Waals surface area contributed by atoms with Crippen molar-refractivity contribution >= 4 is 46.7 Å². The Morgan fingerprint density at radius 1 is 1.21 bits per heavy atom. The third-order valence-electron chi connectivity index (χ3n) is 4.82. The molecule has 0 radical (unpaired) electrons. The number of hydrogen-bond donors (Lipinski definition) is 2. The van der Waals surface area contributed by atoms with Gasteiger partial charge in [0.2, 0.25) is 5.91 Å². The number of amides is 1. The minimum absolute atomic E-state index is 0. The van der Waals surface area contributed by atoms with Gasteiger partial charge in [0.05, 0.1) is 6.54 Å². The van der Waals surface area contributed by atoms with Crippen molar-refractivity contribution in [2.24, 2.45) is 4.99 Å². The Morgan fingerprint density at radius 3 is 2.57 bits per heavy atom. The maximum absolute atomic E-state index is 12.4. The van der Waals surface area contributed by atoms with Crippen molar-refractivity contribution in [3.05, 3.63) is 35.5 Å². The SMILES string of the molecule is CCNC(=NCCc1c[nH]c2cccc(C)c12)N(C)CC(=O)N(CC)CC.I. The number of H-pyrrole nitrogens is 1. The number of carbonyl (C=O) groups is 1. The van der Waals surface area contributed by atoms with Crippen LogP contribution in [0.2, 0.25) is 0 Å². The fourth-order valence-corrected chi connectivity index (χ4v) is 3.35. The summed E-state index contributed by atoms with van der Waals surface area (Å²) in [4.78, 5) is 24.2. The fraction of sp³-hybridized carbons (Fsp3) is 0.524. The van der Waals surface area contributed by atoms with Crippen LogP contribution in [-0.4, -0.2) is 66.4 Å². The number of benzene rings is 1. The number of guanidine groups is 1. The summed E-state index contributed by atoms with van der Waals surface area (Å²) in [6.45, 7) is 11.4. The molecule has 0 aliphatic carbocycles. The highest BCUT2D eigenvalue weighted by molar-refractivity contribution is 14.0. The smallest absolute Gasteiger partial charge is 0.242 e. The first-order valence-corrected chi connectivity index (χ1v) is 9.84. The van der Waals surface area contributed by atoms with Gasteiger partial charge in [0.15, 0.2) is 5.96 Å². The van der Waals surface area contributed by atoms with Crippen LogP contribution in [0.25, 0.3) is 10.9 Å². The summed E-state index contributed by atoms with van der Waals surface area (Å²) in [5.74, 6) is 0.898. The Morgan fingerprint density at radius 2 is 1.93 bits per heavy atom. The minimum atomic E-state index is 0. The van der Waals surface area contributed by atoms with Crippen molar-refractivity contribution in [1.29, 1.82) is 0 Å². The van der Waals surface area contributed by atoms with Gasteiger partial charge in [-0.3, -0.25) is 9.79 Å². The standard InChI is InChI=1S/C21H33N5O.HI/c1-6-22-21(25(5)15-19(27)26(7-2)8-3)23-13-12-17-14-24-18-11-9-10-16(4)20(17)18;/h9-11,14,24H,6-8,12-13,15H2,1-5H3,(H,22,23);1H. The van der Waals surface area contributed by atoms with E-state index in [9.17, 15) is 4.79 Å². The van der Waals surface area contributed by atoms with E-state index in [2.05, 4.69) is 41.6 Å². The van der Waals surface area contributed by atoms with E-state index < -0.39 is 0 Å². The van der Waals surface area contributed by atoms with E-state index in [-0.39, 0.29) is 29.9 Å². The average molecular weight is 499 g/mol. The number of aromatic amines is 1. The summed E-state index contributed by atoms with van der Waals surface area (Å²) >= 11 is 0. The van der Waals surface area contributed by atoms with Crippen LogP contribution in [-0.2, 0) is 11.2 Å². The zero-order chi connectivity index (χ0) is 19.8. The number of halogens is 1. The molecule has 7 heteroatoms. The van der Waals surface area contributed by atoms with Crippen LogP contribution in [0.4, 0.5) is 0 Å². The summed E-state index contributed by atoms with van der Waals surface area (Å²) in [7, 11) is 1.92. The van der Waals surface area contributed by atoms with Crippen LogP contribution < -0.4 is 5.32 Å². The molecule has 2 aromatic rings. The summed E-state index contributed by atoms with van der Waals surface area (Å²) in [5.41, 5.74) is 3.73. The zero-order valence-electron chi connectivity index (χ0n) is 17.7. The Kier molecular flexibility index (Phi) is 10.3. The van der Waals surface area contributed by atoms with Crippen molar-refractivity contribution in [3.8, 4) is 0 Å². The van der Waals surface area contributed by atoms with Crippen LogP contribution in [0, 0.1) is 6.92 Å². The quantitative estimate of drug-likeness (QED) is 0.333. The van der Waals surface area contributed by atoms with Crippen molar-refractivity contribution in [2.75, 3.05) is 39.8 Å². The number of aliphatic imine (C=N–C) groups is 1. The molecule has 6 nitrogen and oxygen atoms in total. The zero-order valence-corrected chi connectivity index (χ0v) is 20.0. The van der Waals surface area contributed by atoms with Gasteiger partial charge in [0.25, 0.3) is 0 Å². The molecule has 0 bridgehead atoms. The van der Waals surface area contributed by atoms with Crippen LogP contribution >= 0.6 is 24.0 Å². The highest BCUT2D eigenvalue weighted by Gasteiger charge is 2.15. The van der Waals surface area contributed by atoms with Crippen LogP contribution in [0.5, 0.6) is 0 Å². The largest absolute Gasteiger partial charge is 0.361 e. The maximum atomic E-state index is 12.4. The third-order valence-corrected chi connectivity index (χ3v) is 4.82. The van der Waals surface area contributed by atoms with Gasteiger partial charge >= 0.3 is 0 Å². The number of nitrogens with zero attached hydrogens (tertiary/aromatic N) is 3. The van der Waals surface area contributed by atoms with E-state index in [1.807, 2.05) is 37.6 Å². The lowest BCUT2D eigenvalue weighted by atomic mass is 10.1. The number of nitrogens with one attached hydrogen (secondary N) is 2. The second-order valence-corrected chi connectivity index (χ2v) is 6.72. The molecule has 0 fully saturated rings. The van der Waals surface area contributed by atoms with Crippen molar-refractivity contribution < 1.29 is 4.79 Å². The summed E-state index contributed by atoms with van der Waals surface area (Å²) in [6.07, 6.45) is 2.94. The predicted octanol–water partition coefficient (Wildman–Crippen LogP) is 3.40. The molecular formula is C21H34IN5O. The van der Waals surface area contributed by atoms with Gasteiger partial charge in [-0.05, 0) is 51.3 Å². The number of fused-ring (bicyclic) bond motifs is 1. The maximum Gasteiger partial charge on any atom is 0.242 e. The number of carbonyl (C=O) groups excluding carboxylic acids is 1. The van der Waals surface area contributed by atoms with Gasteiger partial charge in [-0.25, -0.2) is 0 Å². The number of likely N-dealkylation sites (N-methyl/N-ethyl adjacent to an activating group) is 2. The van der Waals surface area contributed by atoms with Gasteiger partial charge in [0.1, 0.15) is 0 Å². The topological polar surface area (TPSA) is 63.7 Å². The first-order chi connectivity index (χ1) is 13.0. The molecule has 2 N–H and O–H groups in total. The van der Waals surface area contributed by atoms with Crippen molar-refractivity contribution in [1.82, 2.24) is 20.1 Å². The molecule has 28 heavy (non-hydrogen) atoms. The molecule has 1 heterocycles. The molecule has 1 aromatic heterocycles. The molecule has 0 aliphatic heterocycles. The van der Waals surface area contributed by atoms with Gasteiger partial charge < -0.3 is 20.1 Å². The van der Waals surface area contributed by atoms with Gasteiger partial charge in [-0.15, -0.1) is 24.0 Å². The first-order valence-electron chi connectivity index (χ1n) is 9.84. The van der Waals surface area contributed by atoms with Crippen molar-refractivity contribution in [3.63, 3.8) is 0 Å². The third kappa shape index (κ3) is 6.12. The van der Waals surface area contributed by atoms with E-state index in [4.69, 9.17) is 4.99 Å². The Labute approximate surface area is 185 Å². The molecule has 1 amide bonds. The average Bonchev–Trinajstić information content (AvgIpc) is 3.06. The molecule has 0 unspecified atom stereocenters. The Bertz CT molecular complexity index is 782. The lowest BCUT2D eigenvalue weighted by Gasteiger charge is -2.25. The monoisotopic (exact) mass is 499 g/mol. The molecule has 0 spiro atoms. The van der Waals surface area contributed by atoms with E-state index in [0.717, 1.165) is 32.0 Å². The minimum Gasteiger partial charge on any atom is -0.361 e. The van der Waals surface area contributed by atoms with Crippen LogP contribution in [0.1, 0.15) is 31.9 Å². The molecular weight excluding hydrogens is 465 g/mol. The van der Waals surface area contributed by atoms with Crippen LogP contribution in [0.15, 0.2) is 29.4 Å². The van der Waals surface area contributed by atoms with Gasteiger partial charge in [0, 0.05) is 50.3 Å². The molecule has 0 saturated heterocycles. The van der Waals surface area contributed by atoms with E-state index in [1.165, 1.54) is 22.0 Å². The fourth-order valence-electron chi connectivity index (χ4n) is 3.35. The highest BCUT2D eigenvalue weighted by atomic mass is 127. The molecule has 156 valence electrons. The number of aryl methyl sites for hydroxylation is 1. The summed E-state index contributed by atoms with van der Waals surface area (Å²) < 4.78 is 0. The lowest BCUT2D eigenvalue weighted by molar-refractivity contribution is -0.131. The molecule has 0 saturated carbocycles. The highest BCUT2D eigenvalue weighted by Crippen LogP contribution is 2.22. The van der Waals surface area contributed by atoms with Crippen molar-refractivity contribution in [2.45, 2.75) is 34.1 Å². The van der Waals surface area contributed by atoms with E-state index in [1.54, 1.807) is 0 Å². The molecule has 0 aliphatic rings. The Balaban J connectivity index is 0.00000392. The molecule has 1 aromatic carbocycles. The normalized spacial score (nSPS) is 11.2. The number of rotatable bonds is 8. The van der Waals surface area contributed by atoms with Crippen LogP contribution in [0.3, 0.4) is 0 Å². The second-order valence-electron chi connectivity index (χ2n) is 6.72. The Hall–Kier alpha value is -1.77. The second kappa shape index (κ2) is 11.9. The van der Waals surface area contributed by atoms with E-state index in [0.29, 0.717) is 13.1 Å². The predicted molar refractivity (Wildman–Crippen MR) is 129 cm³/mol. The first kappa shape index (κ1) is 24.3. The van der Waals surface area contributed by atoms with Gasteiger partial charge in [-0.1, -0.05) is 12.1 Å². The van der Waals surface area contributed by atoms with Gasteiger partial charge in [-0.2, -0.15) is 0 Å². The summed E-state index contributed by atoms with van der Waals surface area (Å²) in [5, 5.41) is 4.58. The number of hydrogen-bond acceptors (Lipinski definition) is 2. The molecule has 2 rings (SSSR count). The lowest BCUT2D eigenvalue weighted by Crippen LogP contribution is -2.45. The summed E-state index contributed by atoms with van der Waals surface area (Å²) in [6, 6.07) is 6.31. The van der Waals surface area contributed by atoms with E-state index >= 15 is 0 Å². The number of aromatic nitrogens is 1.